The van der Waals surface area contributed by atoms with Crippen molar-refractivity contribution in [2.24, 2.45) is 11.8 Å². The Morgan fingerprint density at radius 2 is 2.24 bits per heavy atom. The largest absolute Gasteiger partial charge is 0.508 e. The van der Waals surface area contributed by atoms with E-state index >= 15 is 0 Å². The number of likely N-dealkylation sites (N-methyl/N-ethyl adjacent to an activating group) is 1. The van der Waals surface area contributed by atoms with E-state index in [4.69, 9.17) is 4.74 Å². The van der Waals surface area contributed by atoms with Gasteiger partial charge in [-0.25, -0.2) is 0 Å². The van der Waals surface area contributed by atoms with Crippen molar-refractivity contribution in [2.45, 2.75) is 44.1 Å². The minimum atomic E-state index is -0.633. The predicted molar refractivity (Wildman–Crippen MR) is 92.4 cm³/mol. The minimum absolute atomic E-state index is 0.00537. The van der Waals surface area contributed by atoms with Gasteiger partial charge >= 0.3 is 5.97 Å². The number of phenolic OH excluding ortho intramolecular Hbond substituents is 1. The molecule has 1 heterocycles. The molecule has 0 amide bonds. The number of carbonyl (C=O) groups excluding carboxylic acids is 2. The molecule has 134 valence electrons. The third kappa shape index (κ3) is 2.40. The van der Waals surface area contributed by atoms with E-state index in [1.54, 1.807) is 13.0 Å². The Balaban J connectivity index is 1.78. The van der Waals surface area contributed by atoms with Crippen molar-refractivity contribution in [3.8, 4) is 5.75 Å². The van der Waals surface area contributed by atoms with Gasteiger partial charge in [0, 0.05) is 17.9 Å². The highest BCUT2D eigenvalue weighted by Crippen LogP contribution is 2.56. The van der Waals surface area contributed by atoms with Crippen molar-refractivity contribution in [3.63, 3.8) is 0 Å². The summed E-state index contributed by atoms with van der Waals surface area (Å²) in [5.74, 6) is -0.512. The lowest BCUT2D eigenvalue weighted by molar-refractivity contribution is -0.157. The van der Waals surface area contributed by atoms with Gasteiger partial charge in [-0.05, 0) is 69.0 Å². The average molecular weight is 343 g/mol. The van der Waals surface area contributed by atoms with Crippen LogP contribution in [0.5, 0.6) is 5.75 Å². The maximum atomic E-state index is 12.9. The number of esters is 1. The van der Waals surface area contributed by atoms with Gasteiger partial charge in [0.05, 0.1) is 6.61 Å². The molecule has 1 aliphatic heterocycles. The highest BCUT2D eigenvalue weighted by atomic mass is 16.5. The summed E-state index contributed by atoms with van der Waals surface area (Å²) in [6.45, 7) is 3.01. The Labute approximate surface area is 148 Å². The van der Waals surface area contributed by atoms with Crippen molar-refractivity contribution < 1.29 is 19.4 Å². The van der Waals surface area contributed by atoms with Gasteiger partial charge in [-0.1, -0.05) is 6.07 Å². The number of piperidine rings is 1. The second kappa shape index (κ2) is 5.84. The zero-order valence-corrected chi connectivity index (χ0v) is 14.8. The normalized spacial score (nSPS) is 34.2. The Morgan fingerprint density at radius 3 is 3.00 bits per heavy atom. The SMILES string of the molecule is CCOC(=O)[C@@H]1CC2C3Cc4ccc(O)cc4C2(CCN3C)CC1=O. The summed E-state index contributed by atoms with van der Waals surface area (Å²) in [5.41, 5.74) is 2.11. The van der Waals surface area contributed by atoms with Crippen LogP contribution in [0.3, 0.4) is 0 Å². The van der Waals surface area contributed by atoms with E-state index in [0.717, 1.165) is 24.9 Å². The van der Waals surface area contributed by atoms with Crippen LogP contribution in [0.1, 0.15) is 37.3 Å². The van der Waals surface area contributed by atoms with E-state index in [0.29, 0.717) is 25.5 Å². The molecular weight excluding hydrogens is 318 g/mol. The summed E-state index contributed by atoms with van der Waals surface area (Å²) in [4.78, 5) is 27.5. The van der Waals surface area contributed by atoms with Crippen LogP contribution in [0.15, 0.2) is 18.2 Å². The van der Waals surface area contributed by atoms with E-state index in [9.17, 15) is 14.7 Å². The van der Waals surface area contributed by atoms with Gasteiger partial charge in [0.2, 0.25) is 0 Å². The molecule has 25 heavy (non-hydrogen) atoms. The number of aromatic hydroxyl groups is 1. The highest BCUT2D eigenvalue weighted by Gasteiger charge is 2.58. The van der Waals surface area contributed by atoms with Gasteiger partial charge in [0.1, 0.15) is 17.5 Å². The topological polar surface area (TPSA) is 66.8 Å². The Kier molecular flexibility index (Phi) is 3.87. The number of likely N-dealkylation sites (tertiary alicyclic amines) is 1. The van der Waals surface area contributed by atoms with Gasteiger partial charge in [-0.2, -0.15) is 0 Å². The lowest BCUT2D eigenvalue weighted by Crippen LogP contribution is -2.62. The van der Waals surface area contributed by atoms with Crippen LogP contribution in [0.2, 0.25) is 0 Å². The van der Waals surface area contributed by atoms with E-state index in [1.807, 2.05) is 12.1 Å². The number of fused-ring (bicyclic) bond motifs is 1. The van der Waals surface area contributed by atoms with E-state index in [2.05, 4.69) is 11.9 Å². The fraction of sp³-hybridized carbons (Fsp3) is 0.600. The van der Waals surface area contributed by atoms with Crippen LogP contribution < -0.4 is 0 Å². The number of Topliss-reactive ketones (excluding diaryl/α,β-unsaturated/α-hetero) is 1. The van der Waals surface area contributed by atoms with Crippen LogP contribution in [0.25, 0.3) is 0 Å². The van der Waals surface area contributed by atoms with Crippen molar-refractivity contribution in [1.82, 2.24) is 4.90 Å². The number of hydrogen-bond donors (Lipinski definition) is 1. The maximum absolute atomic E-state index is 12.9. The van der Waals surface area contributed by atoms with E-state index in [1.165, 1.54) is 5.56 Å². The number of ether oxygens (including phenoxy) is 1. The van der Waals surface area contributed by atoms with Crippen molar-refractivity contribution >= 4 is 11.8 Å². The van der Waals surface area contributed by atoms with Crippen LogP contribution in [-0.4, -0.2) is 48.0 Å². The zero-order chi connectivity index (χ0) is 17.8. The summed E-state index contributed by atoms with van der Waals surface area (Å²) >= 11 is 0. The predicted octanol–water partition coefficient (Wildman–Crippen LogP) is 2.05. The standard InChI is InChI=1S/C20H25NO4/c1-3-25-19(24)14-10-16-17-8-12-4-5-13(22)9-15(12)20(16,11-18(14)23)6-7-21(17)2/h4-5,9,14,16-17,22H,3,6-8,10-11H2,1-2H3/t14-,16?,17?,20?/m1/s1. The first-order chi connectivity index (χ1) is 12.0. The Morgan fingerprint density at radius 1 is 1.44 bits per heavy atom. The number of nitrogens with zero attached hydrogens (tertiary/aromatic N) is 1. The van der Waals surface area contributed by atoms with Crippen LogP contribution in [0, 0.1) is 11.8 Å². The number of phenols is 1. The van der Waals surface area contributed by atoms with E-state index in [-0.39, 0.29) is 28.8 Å². The molecule has 4 rings (SSSR count). The maximum Gasteiger partial charge on any atom is 0.316 e. The molecule has 1 aromatic carbocycles. The molecule has 0 radical (unpaired) electrons. The first-order valence-electron chi connectivity index (χ1n) is 9.18. The minimum Gasteiger partial charge on any atom is -0.508 e. The number of ketones is 1. The summed E-state index contributed by atoms with van der Waals surface area (Å²) in [7, 11) is 2.13. The monoisotopic (exact) mass is 343 g/mol. The molecule has 5 heteroatoms. The van der Waals surface area contributed by atoms with Crippen LogP contribution in [0.4, 0.5) is 0 Å². The zero-order valence-electron chi connectivity index (χ0n) is 14.8. The van der Waals surface area contributed by atoms with Gasteiger partial charge < -0.3 is 14.7 Å². The molecular formula is C20H25NO4. The lowest BCUT2D eigenvalue weighted by atomic mass is 9.50. The van der Waals surface area contributed by atoms with Crippen molar-refractivity contribution in [1.29, 1.82) is 0 Å². The second-order valence-corrected chi connectivity index (χ2v) is 7.79. The van der Waals surface area contributed by atoms with Gasteiger partial charge in [0.25, 0.3) is 0 Å². The fourth-order valence-electron chi connectivity index (χ4n) is 5.45. The third-order valence-electron chi connectivity index (χ3n) is 6.65. The van der Waals surface area contributed by atoms with Crippen LogP contribution in [-0.2, 0) is 26.2 Å². The fourth-order valence-corrected chi connectivity index (χ4v) is 5.45. The van der Waals surface area contributed by atoms with Crippen molar-refractivity contribution in [3.05, 3.63) is 29.3 Å². The lowest BCUT2D eigenvalue weighted by Gasteiger charge is -2.58. The van der Waals surface area contributed by atoms with Gasteiger partial charge in [-0.15, -0.1) is 0 Å². The second-order valence-electron chi connectivity index (χ2n) is 7.79. The van der Waals surface area contributed by atoms with Crippen LogP contribution >= 0.6 is 0 Å². The molecule has 0 spiro atoms. The van der Waals surface area contributed by atoms with E-state index < -0.39 is 5.92 Å². The molecule has 1 aromatic rings. The first kappa shape index (κ1) is 16.6. The Bertz CT molecular complexity index is 730. The number of benzene rings is 1. The molecule has 3 unspecified atom stereocenters. The smallest absolute Gasteiger partial charge is 0.316 e. The average Bonchev–Trinajstić information content (AvgIpc) is 2.58. The summed E-state index contributed by atoms with van der Waals surface area (Å²) in [5, 5.41) is 10.0. The van der Waals surface area contributed by atoms with Crippen molar-refractivity contribution in [2.75, 3.05) is 20.2 Å². The molecule has 2 bridgehead atoms. The molecule has 2 aliphatic carbocycles. The number of hydrogen-bond acceptors (Lipinski definition) is 5. The number of carbonyl (C=O) groups is 2. The van der Waals surface area contributed by atoms with Gasteiger partial charge in [-0.3, -0.25) is 9.59 Å². The third-order valence-corrected chi connectivity index (χ3v) is 6.65. The number of rotatable bonds is 2. The summed E-state index contributed by atoms with van der Waals surface area (Å²) in [6, 6.07) is 5.91. The first-order valence-corrected chi connectivity index (χ1v) is 9.18. The summed E-state index contributed by atoms with van der Waals surface area (Å²) in [6.07, 6.45) is 2.73. The van der Waals surface area contributed by atoms with Gasteiger partial charge in [0.15, 0.2) is 0 Å². The quantitative estimate of drug-likeness (QED) is 0.658. The molecule has 0 aromatic heterocycles. The Hall–Kier alpha value is -1.88. The molecule has 1 saturated heterocycles. The molecule has 4 atom stereocenters. The molecule has 1 saturated carbocycles. The molecule has 1 N–H and O–H groups in total. The summed E-state index contributed by atoms with van der Waals surface area (Å²) < 4.78 is 5.15. The molecule has 3 aliphatic rings. The molecule has 5 nitrogen and oxygen atoms in total. The molecule has 2 fully saturated rings. The highest BCUT2D eigenvalue weighted by molar-refractivity contribution is 6.00.